The van der Waals surface area contributed by atoms with Crippen LogP contribution in [-0.4, -0.2) is 31.2 Å². The van der Waals surface area contributed by atoms with E-state index in [0.29, 0.717) is 11.8 Å². The van der Waals surface area contributed by atoms with E-state index in [0.717, 1.165) is 13.0 Å². The Hall–Kier alpha value is -0.780. The van der Waals surface area contributed by atoms with Crippen molar-refractivity contribution in [1.82, 2.24) is 10.6 Å². The summed E-state index contributed by atoms with van der Waals surface area (Å²) in [6, 6.07) is 0.0336. The zero-order chi connectivity index (χ0) is 10.3. The van der Waals surface area contributed by atoms with Gasteiger partial charge in [0, 0.05) is 12.6 Å². The molecular formula is C8H11F3N2O. The molecule has 0 aromatic heterocycles. The topological polar surface area (TPSA) is 41.1 Å². The van der Waals surface area contributed by atoms with Crippen LogP contribution in [0.1, 0.15) is 6.42 Å². The van der Waals surface area contributed by atoms with E-state index in [1.165, 1.54) is 0 Å². The second kappa shape index (κ2) is 3.12. The molecule has 80 valence electrons. The summed E-state index contributed by atoms with van der Waals surface area (Å²) in [6.45, 7) is 0.955. The number of halogens is 3. The second-order valence-corrected chi connectivity index (χ2v) is 3.88. The molecule has 1 amide bonds. The minimum atomic E-state index is -4.76. The Morgan fingerprint density at radius 1 is 1.50 bits per heavy atom. The van der Waals surface area contributed by atoms with Crippen LogP contribution in [0.25, 0.3) is 0 Å². The maximum Gasteiger partial charge on any atom is 0.471 e. The Morgan fingerprint density at radius 2 is 2.21 bits per heavy atom. The molecule has 0 aromatic rings. The minimum Gasteiger partial charge on any atom is -0.347 e. The average molecular weight is 208 g/mol. The number of carbonyl (C=O) groups is 1. The van der Waals surface area contributed by atoms with Crippen molar-refractivity contribution in [3.05, 3.63) is 0 Å². The van der Waals surface area contributed by atoms with Crippen molar-refractivity contribution in [2.75, 3.05) is 13.1 Å². The van der Waals surface area contributed by atoms with Crippen molar-refractivity contribution >= 4 is 5.91 Å². The normalized spacial score (nSPS) is 35.2. The zero-order valence-electron chi connectivity index (χ0n) is 7.40. The Kier molecular flexibility index (Phi) is 2.17. The van der Waals surface area contributed by atoms with Crippen molar-refractivity contribution in [2.24, 2.45) is 11.8 Å². The number of amides is 1. The molecule has 0 radical (unpaired) electrons. The summed E-state index contributed by atoms with van der Waals surface area (Å²) >= 11 is 0. The molecule has 3 nitrogen and oxygen atoms in total. The van der Waals surface area contributed by atoms with Crippen LogP contribution >= 0.6 is 0 Å². The molecular weight excluding hydrogens is 197 g/mol. The summed E-state index contributed by atoms with van der Waals surface area (Å²) in [5.41, 5.74) is 0. The van der Waals surface area contributed by atoms with Gasteiger partial charge in [0.2, 0.25) is 0 Å². The van der Waals surface area contributed by atoms with Gasteiger partial charge in [-0.3, -0.25) is 4.79 Å². The van der Waals surface area contributed by atoms with Crippen LogP contribution in [0.4, 0.5) is 13.2 Å². The highest BCUT2D eigenvalue weighted by Gasteiger charge is 2.48. The first-order chi connectivity index (χ1) is 6.48. The van der Waals surface area contributed by atoms with Crippen LogP contribution in [0.5, 0.6) is 0 Å². The van der Waals surface area contributed by atoms with Gasteiger partial charge in [0.05, 0.1) is 0 Å². The Labute approximate surface area is 79.0 Å². The quantitative estimate of drug-likeness (QED) is 0.684. The van der Waals surface area contributed by atoms with Gasteiger partial charge in [0.25, 0.3) is 0 Å². The third-order valence-electron chi connectivity index (χ3n) is 2.88. The standard InChI is InChI=1S/C8H11F3N2O/c9-8(10,11)7(14)13-3-6-5-1-4(5)2-12-6/h4-6,12H,1-3H2,(H,13,14)/t4-,5-,6-/m1/s1. The molecule has 1 aliphatic heterocycles. The molecule has 14 heavy (non-hydrogen) atoms. The van der Waals surface area contributed by atoms with Crippen molar-refractivity contribution in [3.63, 3.8) is 0 Å². The predicted octanol–water partition coefficient (Wildman–Crippen LogP) is 0.273. The van der Waals surface area contributed by atoms with Gasteiger partial charge in [-0.25, -0.2) is 0 Å². The van der Waals surface area contributed by atoms with Crippen LogP contribution in [0.2, 0.25) is 0 Å². The SMILES string of the molecule is O=C(NC[C@H]1NC[C@H]2C[C@H]21)C(F)(F)F. The first-order valence-electron chi connectivity index (χ1n) is 4.57. The highest BCUT2D eigenvalue weighted by atomic mass is 19.4. The van der Waals surface area contributed by atoms with Gasteiger partial charge in [-0.05, 0) is 24.8 Å². The summed E-state index contributed by atoms with van der Waals surface area (Å²) in [5.74, 6) is -0.741. The number of carbonyl (C=O) groups excluding carboxylic acids is 1. The summed E-state index contributed by atoms with van der Waals surface area (Å²) in [6.07, 6.45) is -3.68. The highest BCUT2D eigenvalue weighted by Crippen LogP contribution is 2.44. The molecule has 1 heterocycles. The van der Waals surface area contributed by atoms with Crippen LogP contribution in [0, 0.1) is 11.8 Å². The van der Waals surface area contributed by atoms with Crippen LogP contribution in [-0.2, 0) is 4.79 Å². The van der Waals surface area contributed by atoms with E-state index in [2.05, 4.69) is 5.32 Å². The fraction of sp³-hybridized carbons (Fsp3) is 0.875. The smallest absolute Gasteiger partial charge is 0.347 e. The lowest BCUT2D eigenvalue weighted by atomic mass is 10.2. The maximum absolute atomic E-state index is 11.8. The zero-order valence-corrected chi connectivity index (χ0v) is 7.40. The number of rotatable bonds is 2. The fourth-order valence-corrected chi connectivity index (χ4v) is 1.98. The Balaban J connectivity index is 1.74. The number of hydrogen-bond acceptors (Lipinski definition) is 2. The molecule has 0 aromatic carbocycles. The lowest BCUT2D eigenvalue weighted by Crippen LogP contribution is -2.44. The number of nitrogens with one attached hydrogen (secondary N) is 2. The summed E-state index contributed by atoms with van der Waals surface area (Å²) in [4.78, 5) is 10.5. The van der Waals surface area contributed by atoms with Crippen molar-refractivity contribution < 1.29 is 18.0 Å². The molecule has 6 heteroatoms. The van der Waals surface area contributed by atoms with Gasteiger partial charge in [0.15, 0.2) is 0 Å². The first kappa shape index (κ1) is 9.76. The average Bonchev–Trinajstić information content (AvgIpc) is 2.75. The van der Waals surface area contributed by atoms with Crippen molar-refractivity contribution in [1.29, 1.82) is 0 Å². The van der Waals surface area contributed by atoms with Gasteiger partial charge in [-0.1, -0.05) is 0 Å². The van der Waals surface area contributed by atoms with Crippen LogP contribution < -0.4 is 10.6 Å². The van der Waals surface area contributed by atoms with E-state index in [4.69, 9.17) is 0 Å². The molecule has 3 atom stereocenters. The number of fused-ring (bicyclic) bond motifs is 1. The molecule has 0 spiro atoms. The largest absolute Gasteiger partial charge is 0.471 e. The molecule has 0 unspecified atom stereocenters. The lowest BCUT2D eigenvalue weighted by molar-refractivity contribution is -0.173. The van der Waals surface area contributed by atoms with Gasteiger partial charge in [-0.2, -0.15) is 13.2 Å². The molecule has 2 rings (SSSR count). The third kappa shape index (κ3) is 1.84. The highest BCUT2D eigenvalue weighted by molar-refractivity contribution is 5.81. The van der Waals surface area contributed by atoms with Crippen molar-refractivity contribution in [3.8, 4) is 0 Å². The number of piperidine rings is 1. The van der Waals surface area contributed by atoms with Gasteiger partial charge in [0.1, 0.15) is 0 Å². The van der Waals surface area contributed by atoms with E-state index >= 15 is 0 Å². The summed E-state index contributed by atoms with van der Waals surface area (Å²) in [5, 5.41) is 4.98. The van der Waals surface area contributed by atoms with Gasteiger partial charge >= 0.3 is 12.1 Å². The first-order valence-corrected chi connectivity index (χ1v) is 4.57. The Bertz CT molecular complexity index is 253. The van der Waals surface area contributed by atoms with E-state index < -0.39 is 12.1 Å². The molecule has 2 fully saturated rings. The Morgan fingerprint density at radius 3 is 2.64 bits per heavy atom. The van der Waals surface area contributed by atoms with Gasteiger partial charge in [-0.15, -0.1) is 0 Å². The predicted molar refractivity (Wildman–Crippen MR) is 42.5 cm³/mol. The van der Waals surface area contributed by atoms with E-state index in [1.54, 1.807) is 0 Å². The number of hydrogen-bond donors (Lipinski definition) is 2. The van der Waals surface area contributed by atoms with E-state index in [-0.39, 0.29) is 12.6 Å². The molecule has 0 bridgehead atoms. The third-order valence-corrected chi connectivity index (χ3v) is 2.88. The van der Waals surface area contributed by atoms with Gasteiger partial charge < -0.3 is 10.6 Å². The van der Waals surface area contributed by atoms with Crippen molar-refractivity contribution in [2.45, 2.75) is 18.6 Å². The van der Waals surface area contributed by atoms with E-state index in [9.17, 15) is 18.0 Å². The second-order valence-electron chi connectivity index (χ2n) is 3.88. The molecule has 1 aliphatic carbocycles. The molecule has 2 N–H and O–H groups in total. The summed E-state index contributed by atoms with van der Waals surface area (Å²) < 4.78 is 35.4. The molecule has 1 saturated carbocycles. The van der Waals surface area contributed by atoms with Crippen LogP contribution in [0.3, 0.4) is 0 Å². The number of alkyl halides is 3. The van der Waals surface area contributed by atoms with Crippen LogP contribution in [0.15, 0.2) is 0 Å². The molecule has 1 saturated heterocycles. The molecule has 2 aliphatic rings. The summed E-state index contributed by atoms with van der Waals surface area (Å²) in [7, 11) is 0. The minimum absolute atomic E-state index is 0.0336. The van der Waals surface area contributed by atoms with E-state index in [1.807, 2.05) is 5.32 Å². The fourth-order valence-electron chi connectivity index (χ4n) is 1.98. The lowest BCUT2D eigenvalue weighted by Gasteiger charge is -2.14. The maximum atomic E-state index is 11.8. The monoisotopic (exact) mass is 208 g/mol.